The SMILES string of the molecule is CC.CC.CC1CCC2(OCCO2)N1C. The summed E-state index contributed by atoms with van der Waals surface area (Å²) in [7, 11) is 2.07. The summed E-state index contributed by atoms with van der Waals surface area (Å²) in [6.07, 6.45) is 2.20. The van der Waals surface area contributed by atoms with E-state index >= 15 is 0 Å². The molecule has 0 radical (unpaired) electrons. The maximum atomic E-state index is 5.59. The molecule has 2 saturated heterocycles. The van der Waals surface area contributed by atoms with Crippen molar-refractivity contribution in [2.75, 3.05) is 20.3 Å². The number of rotatable bonds is 0. The third-order valence-corrected chi connectivity index (χ3v) is 2.82. The van der Waals surface area contributed by atoms with Gasteiger partial charge in [0.15, 0.2) is 0 Å². The van der Waals surface area contributed by atoms with Crippen molar-refractivity contribution in [1.29, 1.82) is 0 Å². The zero-order valence-electron chi connectivity index (χ0n) is 11.2. The highest BCUT2D eigenvalue weighted by atomic mass is 16.8. The summed E-state index contributed by atoms with van der Waals surface area (Å²) in [6, 6.07) is 0.591. The van der Waals surface area contributed by atoms with Crippen LogP contribution in [0.2, 0.25) is 0 Å². The predicted molar refractivity (Wildman–Crippen MR) is 63.8 cm³/mol. The Morgan fingerprint density at radius 1 is 1.07 bits per heavy atom. The van der Waals surface area contributed by atoms with Crippen LogP contribution in [-0.2, 0) is 9.47 Å². The molecule has 1 unspecified atom stereocenters. The van der Waals surface area contributed by atoms with Gasteiger partial charge in [-0.3, -0.25) is 4.90 Å². The quantitative estimate of drug-likeness (QED) is 0.623. The van der Waals surface area contributed by atoms with E-state index in [1.54, 1.807) is 0 Å². The fraction of sp³-hybridized carbons (Fsp3) is 1.00. The molecule has 15 heavy (non-hydrogen) atoms. The average molecular weight is 217 g/mol. The van der Waals surface area contributed by atoms with E-state index in [0.717, 1.165) is 19.6 Å². The first-order valence-corrected chi connectivity index (χ1v) is 6.25. The van der Waals surface area contributed by atoms with Gasteiger partial charge in [0.25, 0.3) is 0 Å². The van der Waals surface area contributed by atoms with Crippen molar-refractivity contribution in [1.82, 2.24) is 4.90 Å². The molecule has 2 fully saturated rings. The molecule has 1 spiro atoms. The lowest BCUT2D eigenvalue weighted by atomic mass is 10.2. The van der Waals surface area contributed by atoms with Gasteiger partial charge in [0, 0.05) is 12.5 Å². The van der Waals surface area contributed by atoms with E-state index in [1.807, 2.05) is 27.7 Å². The van der Waals surface area contributed by atoms with Gasteiger partial charge in [-0.15, -0.1) is 0 Å². The van der Waals surface area contributed by atoms with Crippen LogP contribution in [0.5, 0.6) is 0 Å². The second-order valence-electron chi connectivity index (χ2n) is 3.41. The molecule has 0 aliphatic carbocycles. The van der Waals surface area contributed by atoms with Crippen LogP contribution in [0.25, 0.3) is 0 Å². The van der Waals surface area contributed by atoms with Crippen molar-refractivity contribution in [2.24, 2.45) is 0 Å². The Morgan fingerprint density at radius 3 is 1.87 bits per heavy atom. The average Bonchev–Trinajstić information content (AvgIpc) is 2.89. The second kappa shape index (κ2) is 7.20. The van der Waals surface area contributed by atoms with E-state index in [-0.39, 0.29) is 5.91 Å². The number of hydrogen-bond donors (Lipinski definition) is 0. The van der Waals surface area contributed by atoms with Crippen LogP contribution < -0.4 is 0 Å². The molecule has 0 saturated carbocycles. The van der Waals surface area contributed by atoms with Crippen LogP contribution >= 0.6 is 0 Å². The molecule has 0 aromatic heterocycles. The lowest BCUT2D eigenvalue weighted by Gasteiger charge is -2.31. The van der Waals surface area contributed by atoms with Gasteiger partial charge < -0.3 is 9.47 Å². The lowest BCUT2D eigenvalue weighted by Crippen LogP contribution is -2.44. The van der Waals surface area contributed by atoms with Crippen LogP contribution in [-0.4, -0.2) is 37.1 Å². The molecule has 2 rings (SSSR count). The minimum Gasteiger partial charge on any atom is -0.335 e. The minimum atomic E-state index is -0.348. The molecular formula is C12H27NO2. The fourth-order valence-electron chi connectivity index (χ4n) is 1.89. The Kier molecular flexibility index (Phi) is 7.14. The van der Waals surface area contributed by atoms with Crippen LogP contribution in [0, 0.1) is 0 Å². The van der Waals surface area contributed by atoms with Crippen LogP contribution in [0.1, 0.15) is 47.5 Å². The Morgan fingerprint density at radius 2 is 1.53 bits per heavy atom. The number of hydrogen-bond acceptors (Lipinski definition) is 3. The van der Waals surface area contributed by atoms with E-state index in [9.17, 15) is 0 Å². The maximum Gasteiger partial charge on any atom is 0.230 e. The molecule has 92 valence electrons. The largest absolute Gasteiger partial charge is 0.335 e. The van der Waals surface area contributed by atoms with Crippen molar-refractivity contribution in [3.8, 4) is 0 Å². The molecule has 2 aliphatic heterocycles. The Balaban J connectivity index is 0.000000442. The van der Waals surface area contributed by atoms with E-state index in [4.69, 9.17) is 9.47 Å². The van der Waals surface area contributed by atoms with Gasteiger partial charge in [-0.05, 0) is 20.4 Å². The monoisotopic (exact) mass is 217 g/mol. The molecule has 0 N–H and O–H groups in total. The molecule has 0 aromatic rings. The van der Waals surface area contributed by atoms with E-state index < -0.39 is 0 Å². The highest BCUT2D eigenvalue weighted by molar-refractivity contribution is 4.85. The zero-order valence-corrected chi connectivity index (χ0v) is 11.2. The van der Waals surface area contributed by atoms with Crippen LogP contribution in [0.15, 0.2) is 0 Å². The van der Waals surface area contributed by atoms with Gasteiger partial charge in [0.05, 0.1) is 13.2 Å². The van der Waals surface area contributed by atoms with Crippen molar-refractivity contribution >= 4 is 0 Å². The smallest absolute Gasteiger partial charge is 0.230 e. The normalized spacial score (nSPS) is 28.0. The Labute approximate surface area is 94.7 Å². The molecule has 1 atom stereocenters. The Bertz CT molecular complexity index is 156. The van der Waals surface area contributed by atoms with Crippen molar-refractivity contribution in [3.05, 3.63) is 0 Å². The first-order chi connectivity index (χ1) is 7.25. The summed E-state index contributed by atoms with van der Waals surface area (Å²) < 4.78 is 11.2. The first kappa shape index (κ1) is 14.9. The highest BCUT2D eigenvalue weighted by Crippen LogP contribution is 2.36. The van der Waals surface area contributed by atoms with E-state index in [0.29, 0.717) is 6.04 Å². The molecular weight excluding hydrogens is 190 g/mol. The maximum absolute atomic E-state index is 5.59. The summed E-state index contributed by atoms with van der Waals surface area (Å²) in [6.45, 7) is 11.7. The molecule has 0 amide bonds. The molecule has 3 nitrogen and oxygen atoms in total. The Hall–Kier alpha value is -0.120. The van der Waals surface area contributed by atoms with Crippen LogP contribution in [0.4, 0.5) is 0 Å². The van der Waals surface area contributed by atoms with Crippen molar-refractivity contribution < 1.29 is 9.47 Å². The topological polar surface area (TPSA) is 21.7 Å². The summed E-state index contributed by atoms with van der Waals surface area (Å²) in [4.78, 5) is 2.19. The number of ether oxygens (including phenoxy) is 2. The molecule has 3 heteroatoms. The highest BCUT2D eigenvalue weighted by Gasteiger charge is 2.47. The summed E-state index contributed by atoms with van der Waals surface area (Å²) in [5.41, 5.74) is 0. The van der Waals surface area contributed by atoms with E-state index in [1.165, 1.54) is 6.42 Å². The molecule has 2 heterocycles. The van der Waals surface area contributed by atoms with Gasteiger partial charge in [-0.1, -0.05) is 27.7 Å². The molecule has 0 bridgehead atoms. The minimum absolute atomic E-state index is 0.348. The third-order valence-electron chi connectivity index (χ3n) is 2.82. The second-order valence-corrected chi connectivity index (χ2v) is 3.41. The standard InChI is InChI=1S/C8H15NO2.2C2H6/c1-7-3-4-8(9(7)2)10-5-6-11-8;2*1-2/h7H,3-6H2,1-2H3;2*1-2H3. The van der Waals surface area contributed by atoms with Gasteiger partial charge in [0.2, 0.25) is 5.91 Å². The van der Waals surface area contributed by atoms with Crippen LogP contribution in [0.3, 0.4) is 0 Å². The van der Waals surface area contributed by atoms with E-state index in [2.05, 4.69) is 18.9 Å². The molecule has 2 aliphatic rings. The van der Waals surface area contributed by atoms with Gasteiger partial charge >= 0.3 is 0 Å². The third kappa shape index (κ3) is 3.16. The van der Waals surface area contributed by atoms with Gasteiger partial charge in [-0.25, -0.2) is 0 Å². The predicted octanol–water partition coefficient (Wildman–Crippen LogP) is 2.85. The number of likely N-dealkylation sites (tertiary alicyclic amines) is 1. The summed E-state index contributed by atoms with van der Waals surface area (Å²) >= 11 is 0. The summed E-state index contributed by atoms with van der Waals surface area (Å²) in [5.74, 6) is -0.348. The van der Waals surface area contributed by atoms with Gasteiger partial charge in [-0.2, -0.15) is 0 Å². The lowest BCUT2D eigenvalue weighted by molar-refractivity contribution is -0.237. The summed E-state index contributed by atoms with van der Waals surface area (Å²) in [5, 5.41) is 0. The van der Waals surface area contributed by atoms with Crippen molar-refractivity contribution in [3.63, 3.8) is 0 Å². The van der Waals surface area contributed by atoms with Crippen molar-refractivity contribution in [2.45, 2.75) is 59.4 Å². The van der Waals surface area contributed by atoms with Gasteiger partial charge in [0.1, 0.15) is 0 Å². The first-order valence-electron chi connectivity index (χ1n) is 6.25. The zero-order chi connectivity index (χ0) is 11.9. The molecule has 0 aromatic carbocycles. The number of nitrogens with zero attached hydrogens (tertiary/aromatic N) is 1. The fourth-order valence-corrected chi connectivity index (χ4v) is 1.89.